The van der Waals surface area contributed by atoms with Gasteiger partial charge in [-0.25, -0.2) is 18.0 Å². The summed E-state index contributed by atoms with van der Waals surface area (Å²) in [6.07, 6.45) is 4.22. The number of nitrogens with one attached hydrogen (secondary N) is 2. The quantitative estimate of drug-likeness (QED) is 0.236. The van der Waals surface area contributed by atoms with E-state index in [1.165, 1.54) is 12.8 Å². The van der Waals surface area contributed by atoms with E-state index < -0.39 is 46.0 Å². The van der Waals surface area contributed by atoms with Crippen molar-refractivity contribution >= 4 is 44.4 Å². The maximum absolute atomic E-state index is 14.0. The molecule has 2 aromatic rings. The molecule has 1 aliphatic rings. The lowest BCUT2D eigenvalue weighted by molar-refractivity contribution is 0.0996. The second-order valence-corrected chi connectivity index (χ2v) is 9.01. The predicted molar refractivity (Wildman–Crippen MR) is 121 cm³/mol. The Morgan fingerprint density at radius 2 is 1.94 bits per heavy atom. The van der Waals surface area contributed by atoms with Gasteiger partial charge in [0.1, 0.15) is 23.0 Å². The number of ether oxygens (including phenoxy) is 1. The summed E-state index contributed by atoms with van der Waals surface area (Å²) in [6.45, 7) is 3.08. The van der Waals surface area contributed by atoms with Crippen LogP contribution in [0.25, 0.3) is 0 Å². The molecule has 1 fully saturated rings. The van der Waals surface area contributed by atoms with E-state index >= 15 is 0 Å². The lowest BCUT2D eigenvalue weighted by Gasteiger charge is -2.14. The molecule has 0 atom stereocenters. The maximum atomic E-state index is 14.0. The SMILES string of the molecule is NC(=O)c1c(OCc2cc(F)c(Br)c(F)c2F)nsc1NC(=O)NCCCCN1CCCC1. The molecule has 0 unspecified atom stereocenters. The lowest BCUT2D eigenvalue weighted by Crippen LogP contribution is -2.30. The molecule has 0 bridgehead atoms. The van der Waals surface area contributed by atoms with Crippen LogP contribution >= 0.6 is 27.5 Å². The molecule has 0 aliphatic carbocycles. The van der Waals surface area contributed by atoms with Crippen LogP contribution in [0.5, 0.6) is 5.88 Å². The highest BCUT2D eigenvalue weighted by Crippen LogP contribution is 2.31. The summed E-state index contributed by atoms with van der Waals surface area (Å²) < 4.78 is 49.9. The number of urea groups is 1. The number of nitrogens with zero attached hydrogens (tertiary/aromatic N) is 2. The molecular formula is C20H23BrF3N5O3S. The second-order valence-electron chi connectivity index (χ2n) is 7.44. The number of unbranched alkanes of at least 4 members (excludes halogenated alkanes) is 1. The van der Waals surface area contributed by atoms with Crippen molar-refractivity contribution in [2.45, 2.75) is 32.3 Å². The van der Waals surface area contributed by atoms with E-state index in [0.717, 1.165) is 50.1 Å². The fraction of sp³-hybridized carbons (Fsp3) is 0.450. The minimum atomic E-state index is -1.40. The third kappa shape index (κ3) is 6.58. The average Bonchev–Trinajstić information content (AvgIpc) is 3.43. The van der Waals surface area contributed by atoms with E-state index in [-0.39, 0.29) is 16.4 Å². The standard InChI is InChI=1S/C20H23BrF3N5O3S/c21-14-12(22)9-11(15(23)16(14)24)10-32-18-13(17(25)30)19(33-28-18)27-20(31)26-5-1-2-6-29-7-3-4-8-29/h9H,1-8,10H2,(H2,25,30)(H2,26,27,31). The fourth-order valence-corrected chi connectivity index (χ4v) is 4.39. The summed E-state index contributed by atoms with van der Waals surface area (Å²) in [5, 5.41) is 5.23. The van der Waals surface area contributed by atoms with Crippen molar-refractivity contribution in [2.75, 3.05) is 31.5 Å². The topological polar surface area (TPSA) is 110 Å². The van der Waals surface area contributed by atoms with Crippen molar-refractivity contribution in [3.05, 3.63) is 39.1 Å². The third-order valence-corrected chi connectivity index (χ3v) is 6.53. The molecular weight excluding hydrogens is 527 g/mol. The van der Waals surface area contributed by atoms with Crippen LogP contribution in [0, 0.1) is 17.5 Å². The summed E-state index contributed by atoms with van der Waals surface area (Å²) in [6, 6.07) is 0.215. The number of benzene rings is 1. The third-order valence-electron chi connectivity index (χ3n) is 5.06. The zero-order valence-corrected chi connectivity index (χ0v) is 20.0. The van der Waals surface area contributed by atoms with Crippen LogP contribution in [-0.4, -0.2) is 47.4 Å². The van der Waals surface area contributed by atoms with Gasteiger partial charge < -0.3 is 20.7 Å². The van der Waals surface area contributed by atoms with E-state index in [9.17, 15) is 22.8 Å². The van der Waals surface area contributed by atoms with Crippen molar-refractivity contribution in [1.29, 1.82) is 0 Å². The molecule has 1 saturated heterocycles. The molecule has 33 heavy (non-hydrogen) atoms. The molecule has 0 spiro atoms. The van der Waals surface area contributed by atoms with Crippen LogP contribution in [0.2, 0.25) is 0 Å². The number of nitrogens with two attached hydrogens (primary N) is 1. The van der Waals surface area contributed by atoms with E-state index in [2.05, 4.69) is 35.8 Å². The average molecular weight is 550 g/mol. The van der Waals surface area contributed by atoms with E-state index in [1.54, 1.807) is 0 Å². The largest absolute Gasteiger partial charge is 0.471 e. The number of anilines is 1. The van der Waals surface area contributed by atoms with Crippen LogP contribution in [0.15, 0.2) is 10.5 Å². The van der Waals surface area contributed by atoms with E-state index in [4.69, 9.17) is 10.5 Å². The Hall–Kier alpha value is -2.38. The van der Waals surface area contributed by atoms with Gasteiger partial charge in [-0.1, -0.05) is 0 Å². The summed E-state index contributed by atoms with van der Waals surface area (Å²) >= 11 is 3.35. The summed E-state index contributed by atoms with van der Waals surface area (Å²) in [5.41, 5.74) is 4.73. The van der Waals surface area contributed by atoms with Crippen molar-refractivity contribution in [2.24, 2.45) is 5.73 Å². The number of primary amides is 1. The Morgan fingerprint density at radius 1 is 1.21 bits per heavy atom. The van der Waals surface area contributed by atoms with E-state index in [1.807, 2.05) is 0 Å². The number of carbonyl (C=O) groups excluding carboxylic acids is 2. The van der Waals surface area contributed by atoms with Gasteiger partial charge in [0.15, 0.2) is 11.6 Å². The fourth-order valence-electron chi connectivity index (χ4n) is 3.37. The smallest absolute Gasteiger partial charge is 0.319 e. The van der Waals surface area contributed by atoms with Crippen LogP contribution in [0.1, 0.15) is 41.6 Å². The van der Waals surface area contributed by atoms with Gasteiger partial charge in [0, 0.05) is 12.1 Å². The van der Waals surface area contributed by atoms with Gasteiger partial charge in [-0.2, -0.15) is 4.37 Å². The highest BCUT2D eigenvalue weighted by atomic mass is 79.9. The highest BCUT2D eigenvalue weighted by molar-refractivity contribution is 9.10. The second kappa shape index (κ2) is 11.7. The number of carbonyl (C=O) groups is 2. The molecule has 0 saturated carbocycles. The Balaban J connectivity index is 1.54. The van der Waals surface area contributed by atoms with Crippen LogP contribution in [0.3, 0.4) is 0 Å². The Labute approximate surface area is 200 Å². The van der Waals surface area contributed by atoms with Gasteiger partial charge in [0.2, 0.25) is 5.88 Å². The molecule has 3 amide bonds. The molecule has 1 aromatic heterocycles. The Bertz CT molecular complexity index is 1020. The monoisotopic (exact) mass is 549 g/mol. The molecule has 0 radical (unpaired) electrons. The number of hydrogen-bond acceptors (Lipinski definition) is 6. The van der Waals surface area contributed by atoms with Crippen molar-refractivity contribution in [1.82, 2.24) is 14.6 Å². The molecule has 1 aliphatic heterocycles. The first kappa shape index (κ1) is 25.2. The first-order valence-corrected chi connectivity index (χ1v) is 11.9. The van der Waals surface area contributed by atoms with Gasteiger partial charge in [0.25, 0.3) is 5.91 Å². The van der Waals surface area contributed by atoms with Crippen molar-refractivity contribution in [3.63, 3.8) is 0 Å². The van der Waals surface area contributed by atoms with Gasteiger partial charge >= 0.3 is 6.03 Å². The summed E-state index contributed by atoms with van der Waals surface area (Å²) in [5.74, 6) is -4.94. The number of rotatable bonds is 10. The van der Waals surface area contributed by atoms with E-state index in [0.29, 0.717) is 6.54 Å². The minimum absolute atomic E-state index is 0.0423. The number of halogens is 4. The zero-order chi connectivity index (χ0) is 24.0. The summed E-state index contributed by atoms with van der Waals surface area (Å²) in [4.78, 5) is 26.4. The molecule has 13 heteroatoms. The van der Waals surface area contributed by atoms with Crippen molar-refractivity contribution in [3.8, 4) is 5.88 Å². The molecule has 4 N–H and O–H groups in total. The van der Waals surface area contributed by atoms with Gasteiger partial charge in [-0.15, -0.1) is 0 Å². The van der Waals surface area contributed by atoms with Crippen LogP contribution in [-0.2, 0) is 6.61 Å². The van der Waals surface area contributed by atoms with Gasteiger partial charge in [0.05, 0.1) is 4.47 Å². The Kier molecular flexibility index (Phi) is 8.92. The Morgan fingerprint density at radius 3 is 2.64 bits per heavy atom. The van der Waals surface area contributed by atoms with Gasteiger partial charge in [-0.3, -0.25) is 10.1 Å². The zero-order valence-electron chi connectivity index (χ0n) is 17.6. The van der Waals surface area contributed by atoms with Crippen LogP contribution < -0.4 is 21.1 Å². The first-order chi connectivity index (χ1) is 15.8. The number of hydrogen-bond donors (Lipinski definition) is 3. The van der Waals surface area contributed by atoms with Crippen LogP contribution in [0.4, 0.5) is 23.0 Å². The molecule has 3 rings (SSSR count). The summed E-state index contributed by atoms with van der Waals surface area (Å²) in [7, 11) is 0. The minimum Gasteiger partial charge on any atom is -0.471 e. The normalized spacial score (nSPS) is 13.8. The lowest BCUT2D eigenvalue weighted by atomic mass is 10.2. The first-order valence-electron chi connectivity index (χ1n) is 10.3. The molecule has 180 valence electrons. The molecule has 1 aromatic carbocycles. The number of amides is 3. The number of aromatic nitrogens is 1. The molecule has 2 heterocycles. The van der Waals surface area contributed by atoms with Crippen molar-refractivity contribution < 1.29 is 27.5 Å². The van der Waals surface area contributed by atoms with Gasteiger partial charge in [-0.05, 0) is 78.8 Å². The predicted octanol–water partition coefficient (Wildman–Crippen LogP) is 4.00. The maximum Gasteiger partial charge on any atom is 0.319 e. The molecule has 8 nitrogen and oxygen atoms in total. The number of likely N-dealkylation sites (tertiary alicyclic amines) is 1. The highest BCUT2D eigenvalue weighted by Gasteiger charge is 2.23.